The van der Waals surface area contributed by atoms with Crippen molar-refractivity contribution in [2.24, 2.45) is 0 Å². The van der Waals surface area contributed by atoms with E-state index in [1.807, 2.05) is 13.0 Å². The first-order chi connectivity index (χ1) is 14.3. The number of nitrogens with one attached hydrogen (secondary N) is 1. The van der Waals surface area contributed by atoms with E-state index < -0.39 is 0 Å². The molecule has 1 heterocycles. The predicted octanol–water partition coefficient (Wildman–Crippen LogP) is 4.82. The van der Waals surface area contributed by atoms with Crippen molar-refractivity contribution >= 4 is 40.2 Å². The quantitative estimate of drug-likeness (QED) is 0.324. The molecule has 3 rings (SSSR count). The number of carbonyl (C=O) groups is 1. The van der Waals surface area contributed by atoms with Gasteiger partial charge in [-0.2, -0.15) is 0 Å². The number of aryl methyl sites for hydroxylation is 2. The largest absolute Gasteiger partial charge is 0.349 e. The molecule has 0 fully saturated rings. The van der Waals surface area contributed by atoms with Gasteiger partial charge in [-0.05, 0) is 55.7 Å². The van der Waals surface area contributed by atoms with Crippen LogP contribution in [0.2, 0.25) is 5.02 Å². The molecule has 1 amide bonds. The van der Waals surface area contributed by atoms with Gasteiger partial charge >= 0.3 is 0 Å². The maximum Gasteiger partial charge on any atom is 0.262 e. The van der Waals surface area contributed by atoms with Crippen LogP contribution in [0.1, 0.15) is 29.7 Å². The molecule has 156 valence electrons. The van der Waals surface area contributed by atoms with E-state index in [4.69, 9.17) is 11.6 Å². The Morgan fingerprint density at radius 1 is 1.27 bits per heavy atom. The number of amides is 1. The van der Waals surface area contributed by atoms with Crippen molar-refractivity contribution < 1.29 is 4.79 Å². The molecule has 7 heteroatoms. The summed E-state index contributed by atoms with van der Waals surface area (Å²) in [6.07, 6.45) is 1.64. The van der Waals surface area contributed by atoms with E-state index in [0.29, 0.717) is 27.6 Å². The lowest BCUT2D eigenvalue weighted by atomic mass is 10.0. The van der Waals surface area contributed by atoms with Gasteiger partial charge in [0.05, 0.1) is 22.7 Å². The van der Waals surface area contributed by atoms with Gasteiger partial charge in [-0.3, -0.25) is 14.2 Å². The highest BCUT2D eigenvalue weighted by Crippen LogP contribution is 2.21. The molecule has 1 aromatic heterocycles. The van der Waals surface area contributed by atoms with Crippen LogP contribution in [0, 0.1) is 13.8 Å². The van der Waals surface area contributed by atoms with Gasteiger partial charge in [0.25, 0.3) is 5.56 Å². The standard InChI is InChI=1S/C23H24ClN3O2S/c1-5-10-27-22(29)19-9-8-18(24)12-20(19)26-23(27)30-13-21(28)25-16(4)17-7-6-14(2)15(3)11-17/h5-9,11-12,16H,1,10,13H2,2-4H3,(H,25,28). The number of halogens is 1. The van der Waals surface area contributed by atoms with Crippen LogP contribution in [-0.4, -0.2) is 21.2 Å². The summed E-state index contributed by atoms with van der Waals surface area (Å²) in [5, 5.41) is 4.46. The minimum absolute atomic E-state index is 0.115. The highest BCUT2D eigenvalue weighted by atomic mass is 35.5. The van der Waals surface area contributed by atoms with Gasteiger partial charge < -0.3 is 5.32 Å². The van der Waals surface area contributed by atoms with E-state index in [1.165, 1.54) is 27.5 Å². The smallest absolute Gasteiger partial charge is 0.262 e. The second-order valence-corrected chi connectivity index (χ2v) is 8.56. The Balaban J connectivity index is 1.77. The van der Waals surface area contributed by atoms with Gasteiger partial charge in [0.1, 0.15) is 0 Å². The highest BCUT2D eigenvalue weighted by Gasteiger charge is 2.15. The van der Waals surface area contributed by atoms with Gasteiger partial charge in [-0.1, -0.05) is 47.6 Å². The van der Waals surface area contributed by atoms with Crippen molar-refractivity contribution in [2.45, 2.75) is 38.5 Å². The number of thioether (sulfide) groups is 1. The molecule has 0 aliphatic heterocycles. The monoisotopic (exact) mass is 441 g/mol. The lowest BCUT2D eigenvalue weighted by Gasteiger charge is -2.16. The fraction of sp³-hybridized carbons (Fsp3) is 0.261. The summed E-state index contributed by atoms with van der Waals surface area (Å²) in [7, 11) is 0. The van der Waals surface area contributed by atoms with Crippen LogP contribution < -0.4 is 10.9 Å². The number of aromatic nitrogens is 2. The van der Waals surface area contributed by atoms with Gasteiger partial charge in [0.2, 0.25) is 5.91 Å². The van der Waals surface area contributed by atoms with Crippen LogP contribution in [0.5, 0.6) is 0 Å². The molecule has 0 radical (unpaired) electrons. The first kappa shape index (κ1) is 22.1. The molecule has 0 spiro atoms. The van der Waals surface area contributed by atoms with Crippen molar-refractivity contribution in [3.63, 3.8) is 0 Å². The molecule has 0 bridgehead atoms. The molecule has 0 saturated carbocycles. The number of fused-ring (bicyclic) bond motifs is 1. The summed E-state index contributed by atoms with van der Waals surface area (Å²) >= 11 is 7.27. The molecule has 2 aromatic carbocycles. The number of hydrogen-bond acceptors (Lipinski definition) is 4. The van der Waals surface area contributed by atoms with E-state index >= 15 is 0 Å². The maximum atomic E-state index is 12.8. The van der Waals surface area contributed by atoms with Crippen LogP contribution in [0.15, 0.2) is 59.0 Å². The molecule has 1 atom stereocenters. The van der Waals surface area contributed by atoms with Crippen LogP contribution >= 0.6 is 23.4 Å². The van der Waals surface area contributed by atoms with E-state index in [-0.39, 0.29) is 23.3 Å². The third kappa shape index (κ3) is 4.94. The number of carbonyl (C=O) groups excluding carboxylic acids is 1. The van der Waals surface area contributed by atoms with Crippen LogP contribution in [-0.2, 0) is 11.3 Å². The molecule has 0 aliphatic carbocycles. The molecular formula is C23H24ClN3O2S. The zero-order valence-electron chi connectivity index (χ0n) is 17.2. The predicted molar refractivity (Wildman–Crippen MR) is 124 cm³/mol. The van der Waals surface area contributed by atoms with Crippen LogP contribution in [0.4, 0.5) is 0 Å². The third-order valence-corrected chi connectivity index (χ3v) is 6.15. The zero-order chi connectivity index (χ0) is 21.8. The fourth-order valence-corrected chi connectivity index (χ4v) is 4.09. The topological polar surface area (TPSA) is 64.0 Å². The average Bonchev–Trinajstić information content (AvgIpc) is 2.70. The van der Waals surface area contributed by atoms with E-state index in [2.05, 4.69) is 42.9 Å². The van der Waals surface area contributed by atoms with E-state index in [0.717, 1.165) is 5.56 Å². The lowest BCUT2D eigenvalue weighted by molar-refractivity contribution is -0.119. The molecule has 3 aromatic rings. The first-order valence-electron chi connectivity index (χ1n) is 9.60. The number of nitrogens with zero attached hydrogens (tertiary/aromatic N) is 2. The van der Waals surface area contributed by atoms with Crippen molar-refractivity contribution in [3.8, 4) is 0 Å². The normalized spacial score (nSPS) is 12.0. The Hall–Kier alpha value is -2.57. The third-order valence-electron chi connectivity index (χ3n) is 4.93. The van der Waals surface area contributed by atoms with E-state index in [9.17, 15) is 9.59 Å². The first-order valence-corrected chi connectivity index (χ1v) is 11.0. The number of allylic oxidation sites excluding steroid dienone is 1. The Bertz CT molecular complexity index is 1170. The molecule has 0 saturated heterocycles. The SMILES string of the molecule is C=CCn1c(SCC(=O)NC(C)c2ccc(C)c(C)c2)nc2cc(Cl)ccc2c1=O. The van der Waals surface area contributed by atoms with Crippen LogP contribution in [0.3, 0.4) is 0 Å². The minimum atomic E-state index is -0.178. The van der Waals surface area contributed by atoms with Crippen molar-refractivity contribution in [1.29, 1.82) is 0 Å². The molecule has 1 N–H and O–H groups in total. The van der Waals surface area contributed by atoms with Gasteiger partial charge in [-0.25, -0.2) is 4.98 Å². The molecular weight excluding hydrogens is 418 g/mol. The molecule has 0 aliphatic rings. The van der Waals surface area contributed by atoms with Gasteiger partial charge in [0, 0.05) is 11.6 Å². The summed E-state index contributed by atoms with van der Waals surface area (Å²) in [6.45, 7) is 10.1. The summed E-state index contributed by atoms with van der Waals surface area (Å²) in [5.41, 5.74) is 3.80. The van der Waals surface area contributed by atoms with Gasteiger partial charge in [-0.15, -0.1) is 6.58 Å². The maximum absolute atomic E-state index is 12.8. The number of hydrogen-bond donors (Lipinski definition) is 1. The summed E-state index contributed by atoms with van der Waals surface area (Å²) < 4.78 is 1.52. The average molecular weight is 442 g/mol. The fourth-order valence-electron chi connectivity index (χ4n) is 3.10. The minimum Gasteiger partial charge on any atom is -0.349 e. The Kier molecular flexibility index (Phi) is 7.00. The number of rotatable bonds is 7. The van der Waals surface area contributed by atoms with Crippen LogP contribution in [0.25, 0.3) is 10.9 Å². The Morgan fingerprint density at radius 2 is 2.03 bits per heavy atom. The van der Waals surface area contributed by atoms with Crippen molar-refractivity contribution in [2.75, 3.05) is 5.75 Å². The molecule has 1 unspecified atom stereocenters. The van der Waals surface area contributed by atoms with Gasteiger partial charge in [0.15, 0.2) is 5.16 Å². The lowest BCUT2D eigenvalue weighted by Crippen LogP contribution is -2.29. The molecule has 30 heavy (non-hydrogen) atoms. The summed E-state index contributed by atoms with van der Waals surface area (Å²) in [4.78, 5) is 29.9. The Labute approximate surface area is 185 Å². The molecule has 5 nitrogen and oxygen atoms in total. The highest BCUT2D eigenvalue weighted by molar-refractivity contribution is 7.99. The summed E-state index contributed by atoms with van der Waals surface area (Å²) in [5.74, 6) is 0.0153. The van der Waals surface area contributed by atoms with Crippen molar-refractivity contribution in [3.05, 3.63) is 81.1 Å². The number of benzene rings is 2. The zero-order valence-corrected chi connectivity index (χ0v) is 18.8. The van der Waals surface area contributed by atoms with Crippen molar-refractivity contribution in [1.82, 2.24) is 14.9 Å². The second kappa shape index (κ2) is 9.49. The second-order valence-electron chi connectivity index (χ2n) is 7.18. The summed E-state index contributed by atoms with van der Waals surface area (Å²) in [6, 6.07) is 11.0. The van der Waals surface area contributed by atoms with E-state index in [1.54, 1.807) is 24.3 Å². The Morgan fingerprint density at radius 3 is 2.73 bits per heavy atom.